The summed E-state index contributed by atoms with van der Waals surface area (Å²) in [5, 5.41) is 0. The van der Waals surface area contributed by atoms with Crippen LogP contribution in [0.25, 0.3) is 0 Å². The highest BCUT2D eigenvalue weighted by molar-refractivity contribution is 7.89. The average molecular weight is 269 g/mol. The van der Waals surface area contributed by atoms with Crippen LogP contribution in [0.15, 0.2) is 23.1 Å². The fourth-order valence-electron chi connectivity index (χ4n) is 2.03. The van der Waals surface area contributed by atoms with E-state index < -0.39 is 16.0 Å². The van der Waals surface area contributed by atoms with Crippen molar-refractivity contribution in [3.63, 3.8) is 0 Å². The molecule has 1 aromatic rings. The molecule has 0 spiro atoms. The number of carbonyl (C=O) groups is 1. The number of benzene rings is 1. The van der Waals surface area contributed by atoms with Crippen molar-refractivity contribution in [3.8, 4) is 0 Å². The lowest BCUT2D eigenvalue weighted by atomic mass is 10.1. The maximum Gasteiger partial charge on any atom is 0.337 e. The third-order valence-corrected chi connectivity index (χ3v) is 5.03. The fourth-order valence-corrected chi connectivity index (χ4v) is 3.51. The molecule has 0 amide bonds. The summed E-state index contributed by atoms with van der Waals surface area (Å²) < 4.78 is 30.4. The maximum atomic E-state index is 12.3. The number of sulfonamides is 1. The Hall–Kier alpha value is -1.40. The molecule has 0 bridgehead atoms. The van der Waals surface area contributed by atoms with E-state index in [2.05, 4.69) is 4.74 Å². The van der Waals surface area contributed by atoms with Gasteiger partial charge in [0.1, 0.15) is 0 Å². The number of carbonyl (C=O) groups excluding carboxylic acids is 1. The Morgan fingerprint density at radius 3 is 2.78 bits per heavy atom. The lowest BCUT2D eigenvalue weighted by Gasteiger charge is -2.14. The van der Waals surface area contributed by atoms with Crippen molar-refractivity contribution in [2.75, 3.05) is 20.7 Å². The summed E-state index contributed by atoms with van der Waals surface area (Å²) in [4.78, 5) is 11.7. The van der Waals surface area contributed by atoms with Crippen LogP contribution >= 0.6 is 0 Å². The van der Waals surface area contributed by atoms with Gasteiger partial charge in [-0.05, 0) is 30.5 Å². The molecule has 1 heterocycles. The molecule has 5 nitrogen and oxygen atoms in total. The number of methoxy groups -OCH3 is 1. The quantitative estimate of drug-likeness (QED) is 0.715. The van der Waals surface area contributed by atoms with Gasteiger partial charge in [-0.25, -0.2) is 17.5 Å². The van der Waals surface area contributed by atoms with Gasteiger partial charge in [-0.15, -0.1) is 0 Å². The van der Waals surface area contributed by atoms with E-state index in [4.69, 9.17) is 0 Å². The van der Waals surface area contributed by atoms with Crippen LogP contribution in [0.1, 0.15) is 22.3 Å². The largest absolute Gasteiger partial charge is 0.465 e. The lowest BCUT2D eigenvalue weighted by molar-refractivity contribution is 0.0600. The van der Waals surface area contributed by atoms with E-state index in [0.717, 1.165) is 12.0 Å². The molecule has 0 fully saturated rings. The SMILES string of the molecule is COC(=O)c1ccc2c(c1)S(=O)(=O)N(C)CCC2. The van der Waals surface area contributed by atoms with Crippen LogP contribution in [0.4, 0.5) is 0 Å². The van der Waals surface area contributed by atoms with Crippen molar-refractivity contribution in [2.45, 2.75) is 17.7 Å². The summed E-state index contributed by atoms with van der Waals surface area (Å²) in [6, 6.07) is 4.70. The van der Waals surface area contributed by atoms with Gasteiger partial charge in [-0.3, -0.25) is 0 Å². The highest BCUT2D eigenvalue weighted by atomic mass is 32.2. The van der Waals surface area contributed by atoms with Gasteiger partial charge in [0.2, 0.25) is 10.0 Å². The molecule has 2 rings (SSSR count). The second kappa shape index (κ2) is 4.70. The van der Waals surface area contributed by atoms with Crippen LogP contribution in [0.2, 0.25) is 0 Å². The Labute approximate surface area is 106 Å². The van der Waals surface area contributed by atoms with Gasteiger partial charge in [-0.2, -0.15) is 0 Å². The van der Waals surface area contributed by atoms with Gasteiger partial charge in [0, 0.05) is 13.6 Å². The number of ether oxygens (including phenoxy) is 1. The number of aryl methyl sites for hydroxylation is 1. The van der Waals surface area contributed by atoms with E-state index in [9.17, 15) is 13.2 Å². The first-order valence-electron chi connectivity index (χ1n) is 5.64. The zero-order valence-corrected chi connectivity index (χ0v) is 11.2. The molecule has 6 heteroatoms. The fraction of sp³-hybridized carbons (Fsp3) is 0.417. The third kappa shape index (κ3) is 2.13. The minimum atomic E-state index is -3.50. The summed E-state index contributed by atoms with van der Waals surface area (Å²) in [7, 11) is -0.673. The molecule has 0 saturated carbocycles. The monoisotopic (exact) mass is 269 g/mol. The summed E-state index contributed by atoms with van der Waals surface area (Å²) >= 11 is 0. The first-order valence-corrected chi connectivity index (χ1v) is 7.08. The van der Waals surface area contributed by atoms with Gasteiger partial charge in [0.05, 0.1) is 17.6 Å². The summed E-state index contributed by atoms with van der Waals surface area (Å²) in [5.74, 6) is -0.528. The Bertz CT molecular complexity index is 580. The second-order valence-corrected chi connectivity index (χ2v) is 6.26. The van der Waals surface area contributed by atoms with Crippen LogP contribution < -0.4 is 0 Å². The average Bonchev–Trinajstić information content (AvgIpc) is 2.47. The predicted molar refractivity (Wildman–Crippen MR) is 65.9 cm³/mol. The van der Waals surface area contributed by atoms with Crippen molar-refractivity contribution in [1.82, 2.24) is 4.31 Å². The van der Waals surface area contributed by atoms with E-state index in [1.165, 1.54) is 17.5 Å². The first-order chi connectivity index (χ1) is 8.46. The zero-order valence-electron chi connectivity index (χ0n) is 10.3. The van der Waals surface area contributed by atoms with Crippen LogP contribution in [0, 0.1) is 0 Å². The van der Waals surface area contributed by atoms with Crippen LogP contribution in [-0.2, 0) is 21.2 Å². The zero-order chi connectivity index (χ0) is 13.3. The van der Waals surface area contributed by atoms with Crippen molar-refractivity contribution in [2.24, 2.45) is 0 Å². The van der Waals surface area contributed by atoms with Gasteiger partial charge >= 0.3 is 5.97 Å². The molecule has 1 aliphatic heterocycles. The summed E-state index contributed by atoms with van der Waals surface area (Å²) in [6.07, 6.45) is 1.47. The highest BCUT2D eigenvalue weighted by Crippen LogP contribution is 2.25. The van der Waals surface area contributed by atoms with E-state index in [-0.39, 0.29) is 10.5 Å². The number of hydrogen-bond acceptors (Lipinski definition) is 4. The first kappa shape index (κ1) is 13.0. The van der Waals surface area contributed by atoms with E-state index in [1.807, 2.05) is 0 Å². The Kier molecular flexibility index (Phi) is 3.41. The van der Waals surface area contributed by atoms with Gasteiger partial charge in [0.25, 0.3) is 0 Å². The molecular formula is C12H15NO4S. The second-order valence-electron chi connectivity index (χ2n) is 4.24. The molecular weight excluding hydrogens is 254 g/mol. The molecule has 0 aliphatic carbocycles. The molecule has 0 unspecified atom stereocenters. The molecule has 98 valence electrons. The van der Waals surface area contributed by atoms with E-state index in [0.29, 0.717) is 13.0 Å². The molecule has 0 radical (unpaired) electrons. The number of rotatable bonds is 1. The normalized spacial score (nSPS) is 18.8. The molecule has 18 heavy (non-hydrogen) atoms. The molecule has 1 aliphatic rings. The number of esters is 1. The lowest BCUT2D eigenvalue weighted by Crippen LogP contribution is -2.26. The van der Waals surface area contributed by atoms with Crippen molar-refractivity contribution in [1.29, 1.82) is 0 Å². The molecule has 1 aromatic carbocycles. The topological polar surface area (TPSA) is 63.7 Å². The van der Waals surface area contributed by atoms with Crippen LogP contribution in [-0.4, -0.2) is 39.4 Å². The van der Waals surface area contributed by atoms with E-state index >= 15 is 0 Å². The van der Waals surface area contributed by atoms with Crippen LogP contribution in [0.5, 0.6) is 0 Å². The number of nitrogens with zero attached hydrogens (tertiary/aromatic N) is 1. The van der Waals surface area contributed by atoms with Crippen molar-refractivity contribution >= 4 is 16.0 Å². The summed E-state index contributed by atoms with van der Waals surface area (Å²) in [6.45, 7) is 0.491. The summed E-state index contributed by atoms with van der Waals surface area (Å²) in [5.41, 5.74) is 1.02. The Morgan fingerprint density at radius 2 is 2.11 bits per heavy atom. The van der Waals surface area contributed by atoms with Gasteiger partial charge < -0.3 is 4.74 Å². The third-order valence-electron chi connectivity index (χ3n) is 3.10. The van der Waals surface area contributed by atoms with Crippen LogP contribution in [0.3, 0.4) is 0 Å². The molecule has 0 N–H and O–H groups in total. The minimum absolute atomic E-state index is 0.213. The smallest absolute Gasteiger partial charge is 0.337 e. The Balaban J connectivity index is 2.59. The number of hydrogen-bond donors (Lipinski definition) is 0. The van der Waals surface area contributed by atoms with Crippen molar-refractivity contribution < 1.29 is 17.9 Å². The standard InChI is InChI=1S/C12H15NO4S/c1-13-7-3-4-9-5-6-10(12(14)17-2)8-11(9)18(13,15)16/h5-6,8H,3-4,7H2,1-2H3. The Morgan fingerprint density at radius 1 is 1.39 bits per heavy atom. The molecule has 0 aromatic heterocycles. The minimum Gasteiger partial charge on any atom is -0.465 e. The van der Waals surface area contributed by atoms with Gasteiger partial charge in [0.15, 0.2) is 0 Å². The maximum absolute atomic E-state index is 12.3. The van der Waals surface area contributed by atoms with Crippen molar-refractivity contribution in [3.05, 3.63) is 29.3 Å². The molecule has 0 saturated heterocycles. The molecule has 0 atom stereocenters. The number of fused-ring (bicyclic) bond motifs is 1. The predicted octanol–water partition coefficient (Wildman–Crippen LogP) is 1.04. The van der Waals surface area contributed by atoms with Gasteiger partial charge in [-0.1, -0.05) is 6.07 Å². The van der Waals surface area contributed by atoms with E-state index in [1.54, 1.807) is 19.2 Å². The highest BCUT2D eigenvalue weighted by Gasteiger charge is 2.27.